The highest BCUT2D eigenvalue weighted by molar-refractivity contribution is 7.12. The first-order valence-corrected chi connectivity index (χ1v) is 5.88. The van der Waals surface area contributed by atoms with E-state index in [1.165, 1.54) is 11.3 Å². The topological polar surface area (TPSA) is 66.8 Å². The van der Waals surface area contributed by atoms with Crippen molar-refractivity contribution in [2.45, 2.75) is 33.0 Å². The van der Waals surface area contributed by atoms with Crippen molar-refractivity contribution in [3.8, 4) is 0 Å². The average molecular weight is 244 g/mol. The van der Waals surface area contributed by atoms with Gasteiger partial charge in [0.1, 0.15) is 6.10 Å². The highest BCUT2D eigenvalue weighted by atomic mass is 32.1. The quantitative estimate of drug-likeness (QED) is 0.784. The lowest BCUT2D eigenvalue weighted by Gasteiger charge is -2.16. The molecule has 1 aromatic heterocycles. The average Bonchev–Trinajstić information content (AvgIpc) is 2.56. The number of carbonyl (C=O) groups excluding carboxylic acids is 1. The van der Waals surface area contributed by atoms with Gasteiger partial charge in [-0.05, 0) is 32.4 Å². The molecule has 2 N–H and O–H groups in total. The number of hydrogen-bond donors (Lipinski definition) is 2. The van der Waals surface area contributed by atoms with Gasteiger partial charge in [-0.2, -0.15) is 0 Å². The number of rotatable bonds is 4. The largest absolute Gasteiger partial charge is 0.464 e. The first kappa shape index (κ1) is 13.2. The Labute approximate surface area is 98.5 Å². The van der Waals surface area contributed by atoms with Gasteiger partial charge < -0.3 is 14.9 Å². The summed E-state index contributed by atoms with van der Waals surface area (Å²) in [6.45, 7) is 5.58. The third-order valence-electron chi connectivity index (χ3n) is 2.23. The van der Waals surface area contributed by atoms with Crippen molar-refractivity contribution in [2.24, 2.45) is 0 Å². The van der Waals surface area contributed by atoms with Crippen LogP contribution in [0.3, 0.4) is 0 Å². The third kappa shape index (κ3) is 2.81. The summed E-state index contributed by atoms with van der Waals surface area (Å²) in [4.78, 5) is 13.2. The summed E-state index contributed by atoms with van der Waals surface area (Å²) >= 11 is 1.52. The lowest BCUT2D eigenvalue weighted by Crippen LogP contribution is -2.29. The summed E-state index contributed by atoms with van der Waals surface area (Å²) in [7, 11) is 0. The Balaban J connectivity index is 2.81. The van der Waals surface area contributed by atoms with Crippen molar-refractivity contribution in [2.75, 3.05) is 6.61 Å². The molecule has 0 aromatic carbocycles. The van der Waals surface area contributed by atoms with Crippen molar-refractivity contribution < 1.29 is 19.7 Å². The van der Waals surface area contributed by atoms with Gasteiger partial charge in [0.05, 0.1) is 6.61 Å². The van der Waals surface area contributed by atoms with Crippen LogP contribution in [-0.4, -0.2) is 28.9 Å². The maximum atomic E-state index is 11.2. The van der Waals surface area contributed by atoms with Crippen LogP contribution in [0.25, 0.3) is 0 Å². The molecule has 1 rings (SSSR count). The first-order valence-electron chi connectivity index (χ1n) is 5.07. The predicted octanol–water partition coefficient (Wildman–Crippen LogP) is 1.32. The lowest BCUT2D eigenvalue weighted by molar-refractivity contribution is -0.159. The zero-order chi connectivity index (χ0) is 12.3. The van der Waals surface area contributed by atoms with Crippen LogP contribution < -0.4 is 0 Å². The van der Waals surface area contributed by atoms with Gasteiger partial charge in [0.25, 0.3) is 0 Å². The fourth-order valence-corrected chi connectivity index (χ4v) is 2.44. The van der Waals surface area contributed by atoms with Crippen LogP contribution in [0.15, 0.2) is 6.07 Å². The third-order valence-corrected chi connectivity index (χ3v) is 3.21. The Bertz CT molecular complexity index is 372. The number of carbonyl (C=O) groups is 1. The molecular weight excluding hydrogens is 228 g/mol. The Morgan fingerprint density at radius 1 is 1.50 bits per heavy atom. The van der Waals surface area contributed by atoms with E-state index < -0.39 is 18.2 Å². The van der Waals surface area contributed by atoms with Gasteiger partial charge in [-0.25, -0.2) is 4.79 Å². The number of thiophene rings is 1. The normalized spacial score (nSPS) is 14.6. The van der Waals surface area contributed by atoms with E-state index in [-0.39, 0.29) is 6.61 Å². The van der Waals surface area contributed by atoms with Crippen LogP contribution >= 0.6 is 11.3 Å². The molecule has 90 valence electrons. The smallest absolute Gasteiger partial charge is 0.338 e. The molecule has 2 unspecified atom stereocenters. The highest BCUT2D eigenvalue weighted by Crippen LogP contribution is 2.28. The van der Waals surface area contributed by atoms with Crippen molar-refractivity contribution in [3.63, 3.8) is 0 Å². The van der Waals surface area contributed by atoms with Crippen molar-refractivity contribution in [3.05, 3.63) is 21.4 Å². The van der Waals surface area contributed by atoms with Gasteiger partial charge in [-0.3, -0.25) is 0 Å². The molecule has 0 bridgehead atoms. The zero-order valence-corrected chi connectivity index (χ0v) is 10.4. The molecule has 0 aliphatic carbocycles. The number of aliphatic hydroxyl groups excluding tert-OH is 2. The molecule has 4 nitrogen and oxygen atoms in total. The summed E-state index contributed by atoms with van der Waals surface area (Å²) in [6, 6.07) is 1.77. The molecule has 0 saturated carbocycles. The van der Waals surface area contributed by atoms with Crippen LogP contribution in [-0.2, 0) is 9.53 Å². The zero-order valence-electron chi connectivity index (χ0n) is 9.56. The molecule has 0 saturated heterocycles. The Morgan fingerprint density at radius 2 is 2.12 bits per heavy atom. The number of ether oxygens (including phenoxy) is 1. The summed E-state index contributed by atoms with van der Waals surface area (Å²) < 4.78 is 4.65. The number of esters is 1. The summed E-state index contributed by atoms with van der Waals surface area (Å²) in [5, 5.41) is 19.4. The molecule has 0 radical (unpaired) electrons. The molecule has 16 heavy (non-hydrogen) atoms. The Kier molecular flexibility index (Phi) is 4.46. The summed E-state index contributed by atoms with van der Waals surface area (Å²) in [6.07, 6.45) is -2.74. The van der Waals surface area contributed by atoms with E-state index in [0.29, 0.717) is 5.56 Å². The SMILES string of the molecule is CCOC(=O)C(O)C(O)c1cc(C)sc1C. The second kappa shape index (κ2) is 5.43. The van der Waals surface area contributed by atoms with Crippen LogP contribution in [0.4, 0.5) is 0 Å². The van der Waals surface area contributed by atoms with Crippen LogP contribution in [0, 0.1) is 13.8 Å². The standard InChI is InChI=1S/C11H16O4S/c1-4-15-11(14)10(13)9(12)8-5-6(2)16-7(8)3/h5,9-10,12-13H,4H2,1-3H3. The minimum absolute atomic E-state index is 0.185. The first-order chi connectivity index (χ1) is 7.47. The second-order valence-corrected chi connectivity index (χ2v) is 4.97. The minimum atomic E-state index is -1.52. The van der Waals surface area contributed by atoms with E-state index >= 15 is 0 Å². The minimum Gasteiger partial charge on any atom is -0.464 e. The van der Waals surface area contributed by atoms with Gasteiger partial charge in [-0.15, -0.1) is 11.3 Å². The molecule has 0 aliphatic rings. The van der Waals surface area contributed by atoms with Crippen LogP contribution in [0.1, 0.15) is 28.3 Å². The molecule has 0 amide bonds. The maximum absolute atomic E-state index is 11.2. The number of aliphatic hydroxyl groups is 2. The van der Waals surface area contributed by atoms with Gasteiger partial charge in [0, 0.05) is 9.75 Å². The summed E-state index contributed by atoms with van der Waals surface area (Å²) in [5.74, 6) is -0.793. The maximum Gasteiger partial charge on any atom is 0.338 e. The van der Waals surface area contributed by atoms with Gasteiger partial charge in [0.15, 0.2) is 6.10 Å². The van der Waals surface area contributed by atoms with E-state index in [9.17, 15) is 15.0 Å². The molecule has 1 heterocycles. The van der Waals surface area contributed by atoms with Gasteiger partial charge in [0.2, 0.25) is 0 Å². The molecule has 5 heteroatoms. The van der Waals surface area contributed by atoms with E-state index in [1.54, 1.807) is 13.0 Å². The van der Waals surface area contributed by atoms with Crippen molar-refractivity contribution in [1.29, 1.82) is 0 Å². The molecule has 1 aromatic rings. The second-order valence-electron chi connectivity index (χ2n) is 3.51. The van der Waals surface area contributed by atoms with Crippen molar-refractivity contribution >= 4 is 17.3 Å². The molecule has 2 atom stereocenters. The molecule has 0 aliphatic heterocycles. The van der Waals surface area contributed by atoms with E-state index in [0.717, 1.165) is 9.75 Å². The van der Waals surface area contributed by atoms with Crippen molar-refractivity contribution in [1.82, 2.24) is 0 Å². The highest BCUT2D eigenvalue weighted by Gasteiger charge is 2.28. The van der Waals surface area contributed by atoms with Gasteiger partial charge >= 0.3 is 5.97 Å². The van der Waals surface area contributed by atoms with E-state index in [1.807, 2.05) is 13.8 Å². The van der Waals surface area contributed by atoms with Gasteiger partial charge in [-0.1, -0.05) is 0 Å². The fraction of sp³-hybridized carbons (Fsp3) is 0.545. The molecule has 0 spiro atoms. The Morgan fingerprint density at radius 3 is 2.56 bits per heavy atom. The van der Waals surface area contributed by atoms with Crippen LogP contribution in [0.2, 0.25) is 0 Å². The monoisotopic (exact) mass is 244 g/mol. The Hall–Kier alpha value is -0.910. The van der Waals surface area contributed by atoms with E-state index in [2.05, 4.69) is 4.74 Å². The molecule has 0 fully saturated rings. The lowest BCUT2D eigenvalue weighted by atomic mass is 10.1. The summed E-state index contributed by atoms with van der Waals surface area (Å²) in [5.41, 5.74) is 0.586. The number of aryl methyl sites for hydroxylation is 2. The number of hydrogen-bond acceptors (Lipinski definition) is 5. The van der Waals surface area contributed by atoms with E-state index in [4.69, 9.17) is 0 Å². The fourth-order valence-electron chi connectivity index (χ4n) is 1.47. The van der Waals surface area contributed by atoms with Crippen LogP contribution in [0.5, 0.6) is 0 Å². The predicted molar refractivity (Wildman–Crippen MR) is 61.4 cm³/mol. The molecular formula is C11H16O4S.